The largest absolute Gasteiger partial charge is 0.497 e. The molecule has 0 aromatic heterocycles. The Labute approximate surface area is 148 Å². The number of hydrogen-bond acceptors (Lipinski definition) is 3. The van der Waals surface area contributed by atoms with Gasteiger partial charge in [0.1, 0.15) is 5.75 Å². The minimum absolute atomic E-state index is 0.197. The quantitative estimate of drug-likeness (QED) is 0.776. The van der Waals surface area contributed by atoms with Gasteiger partial charge in [-0.15, -0.1) is 0 Å². The molecule has 1 aliphatic rings. The van der Waals surface area contributed by atoms with Crippen molar-refractivity contribution < 1.29 is 9.53 Å². The lowest BCUT2D eigenvalue weighted by molar-refractivity contribution is -0.132. The second kappa shape index (κ2) is 7.85. The molecular weight excluding hydrogens is 312 g/mol. The Morgan fingerprint density at radius 1 is 1.12 bits per heavy atom. The van der Waals surface area contributed by atoms with Gasteiger partial charge in [-0.2, -0.15) is 5.26 Å². The fourth-order valence-corrected chi connectivity index (χ4v) is 2.88. The third-order valence-corrected chi connectivity index (χ3v) is 4.53. The summed E-state index contributed by atoms with van der Waals surface area (Å²) in [5, 5.41) is 8.84. The van der Waals surface area contributed by atoms with E-state index in [0.29, 0.717) is 31.0 Å². The zero-order valence-corrected chi connectivity index (χ0v) is 14.4. The maximum absolute atomic E-state index is 12.7. The van der Waals surface area contributed by atoms with E-state index < -0.39 is 0 Å². The molecule has 0 atom stereocenters. The van der Waals surface area contributed by atoms with Gasteiger partial charge in [-0.25, -0.2) is 0 Å². The van der Waals surface area contributed by atoms with Crippen molar-refractivity contribution in [3.05, 3.63) is 65.2 Å². The van der Waals surface area contributed by atoms with Crippen LogP contribution >= 0.6 is 0 Å². The molecule has 2 aromatic rings. The summed E-state index contributed by atoms with van der Waals surface area (Å²) in [5.74, 6) is 1.02. The van der Waals surface area contributed by atoms with Crippen molar-refractivity contribution in [2.75, 3.05) is 7.11 Å². The predicted octanol–water partition coefficient (Wildman–Crippen LogP) is 3.69. The van der Waals surface area contributed by atoms with E-state index in [4.69, 9.17) is 10.00 Å². The normalized spacial score (nSPS) is 13.1. The maximum Gasteiger partial charge on any atom is 0.223 e. The Morgan fingerprint density at radius 2 is 1.76 bits per heavy atom. The molecule has 1 fully saturated rings. The summed E-state index contributed by atoms with van der Waals surface area (Å²) in [7, 11) is 1.65. The van der Waals surface area contributed by atoms with Crippen LogP contribution < -0.4 is 4.74 Å². The highest BCUT2D eigenvalue weighted by molar-refractivity contribution is 5.77. The topological polar surface area (TPSA) is 53.3 Å². The number of nitrogens with zero attached hydrogens (tertiary/aromatic N) is 2. The first kappa shape index (κ1) is 17.0. The Hall–Kier alpha value is -2.80. The second-order valence-corrected chi connectivity index (χ2v) is 6.41. The molecule has 0 N–H and O–H groups in total. The van der Waals surface area contributed by atoms with E-state index in [1.54, 1.807) is 19.2 Å². The summed E-state index contributed by atoms with van der Waals surface area (Å²) in [4.78, 5) is 14.7. The smallest absolute Gasteiger partial charge is 0.223 e. The minimum Gasteiger partial charge on any atom is -0.497 e. The number of methoxy groups -OCH3 is 1. The van der Waals surface area contributed by atoms with E-state index in [0.717, 1.165) is 29.7 Å². The second-order valence-electron chi connectivity index (χ2n) is 6.41. The third kappa shape index (κ3) is 4.60. The molecule has 3 rings (SSSR count). The highest BCUT2D eigenvalue weighted by Gasteiger charge is 2.32. The summed E-state index contributed by atoms with van der Waals surface area (Å²) in [6.45, 7) is 0.654. The summed E-state index contributed by atoms with van der Waals surface area (Å²) in [6.07, 6.45) is 3.40. The zero-order chi connectivity index (χ0) is 17.6. The van der Waals surface area contributed by atoms with E-state index >= 15 is 0 Å². The van der Waals surface area contributed by atoms with Crippen LogP contribution in [0.5, 0.6) is 5.75 Å². The molecular formula is C21H22N2O2. The van der Waals surface area contributed by atoms with Gasteiger partial charge in [-0.1, -0.05) is 24.3 Å². The summed E-state index contributed by atoms with van der Waals surface area (Å²) in [6, 6.07) is 17.9. The van der Waals surface area contributed by atoms with Crippen LogP contribution in [0.1, 0.15) is 36.0 Å². The van der Waals surface area contributed by atoms with Crippen LogP contribution in [-0.2, 0) is 17.8 Å². The van der Waals surface area contributed by atoms with Crippen molar-refractivity contribution in [2.24, 2.45) is 0 Å². The molecule has 4 heteroatoms. The zero-order valence-electron chi connectivity index (χ0n) is 14.4. The van der Waals surface area contributed by atoms with E-state index in [9.17, 15) is 4.79 Å². The van der Waals surface area contributed by atoms with E-state index in [1.807, 2.05) is 41.3 Å². The molecule has 0 heterocycles. The molecule has 0 unspecified atom stereocenters. The average Bonchev–Trinajstić information content (AvgIpc) is 3.50. The lowest BCUT2D eigenvalue weighted by Gasteiger charge is -2.23. The summed E-state index contributed by atoms with van der Waals surface area (Å²) < 4.78 is 5.18. The van der Waals surface area contributed by atoms with Gasteiger partial charge in [0, 0.05) is 19.0 Å². The van der Waals surface area contributed by atoms with Gasteiger partial charge in [0.25, 0.3) is 0 Å². The lowest BCUT2D eigenvalue weighted by atomic mass is 10.1. The van der Waals surface area contributed by atoms with Crippen molar-refractivity contribution in [3.8, 4) is 11.8 Å². The molecule has 0 radical (unpaired) electrons. The molecule has 25 heavy (non-hydrogen) atoms. The first-order chi connectivity index (χ1) is 12.2. The van der Waals surface area contributed by atoms with Gasteiger partial charge in [0.2, 0.25) is 5.91 Å². The van der Waals surface area contributed by atoms with Gasteiger partial charge >= 0.3 is 0 Å². The number of carbonyl (C=O) groups excluding carboxylic acids is 1. The third-order valence-electron chi connectivity index (χ3n) is 4.53. The molecule has 2 aromatic carbocycles. The van der Waals surface area contributed by atoms with Gasteiger partial charge in [0.15, 0.2) is 0 Å². The summed E-state index contributed by atoms with van der Waals surface area (Å²) >= 11 is 0. The fraction of sp³-hybridized carbons (Fsp3) is 0.333. The van der Waals surface area contributed by atoms with Gasteiger partial charge in [-0.05, 0) is 54.7 Å². The lowest BCUT2D eigenvalue weighted by Crippen LogP contribution is -2.32. The first-order valence-corrected chi connectivity index (χ1v) is 8.61. The van der Waals surface area contributed by atoms with Crippen molar-refractivity contribution in [2.45, 2.75) is 38.3 Å². The van der Waals surface area contributed by atoms with Crippen molar-refractivity contribution in [1.82, 2.24) is 4.90 Å². The first-order valence-electron chi connectivity index (χ1n) is 8.61. The number of carbonyl (C=O) groups is 1. The van der Waals surface area contributed by atoms with Crippen LogP contribution in [0, 0.1) is 11.3 Å². The number of amides is 1. The van der Waals surface area contributed by atoms with Gasteiger partial charge in [-0.3, -0.25) is 4.79 Å². The molecule has 128 valence electrons. The number of benzene rings is 2. The standard InChI is InChI=1S/C21H22N2O2/c1-25-20-11-6-18(7-12-20)15-23(19-9-10-19)21(24)13-8-16-2-4-17(14-22)5-3-16/h2-7,11-12,19H,8-10,13,15H2,1H3. The number of rotatable bonds is 7. The molecule has 1 aliphatic carbocycles. The van der Waals surface area contributed by atoms with Crippen molar-refractivity contribution in [3.63, 3.8) is 0 Å². The number of ether oxygens (including phenoxy) is 1. The van der Waals surface area contributed by atoms with Crippen LogP contribution in [0.15, 0.2) is 48.5 Å². The summed E-state index contributed by atoms with van der Waals surface area (Å²) in [5.41, 5.74) is 2.86. The molecule has 1 saturated carbocycles. The predicted molar refractivity (Wildman–Crippen MR) is 96.0 cm³/mol. The molecule has 4 nitrogen and oxygen atoms in total. The van der Waals surface area contributed by atoms with Crippen LogP contribution in [0.3, 0.4) is 0 Å². The number of hydrogen-bond donors (Lipinski definition) is 0. The Morgan fingerprint density at radius 3 is 2.32 bits per heavy atom. The average molecular weight is 334 g/mol. The van der Waals surface area contributed by atoms with Crippen LogP contribution in [0.2, 0.25) is 0 Å². The van der Waals surface area contributed by atoms with E-state index in [2.05, 4.69) is 6.07 Å². The number of nitriles is 1. The van der Waals surface area contributed by atoms with E-state index in [-0.39, 0.29) is 5.91 Å². The molecule has 1 amide bonds. The number of aryl methyl sites for hydroxylation is 1. The Kier molecular flexibility index (Phi) is 5.35. The SMILES string of the molecule is COc1ccc(CN(C(=O)CCc2ccc(C#N)cc2)C2CC2)cc1. The molecule has 0 aliphatic heterocycles. The minimum atomic E-state index is 0.197. The Balaban J connectivity index is 1.59. The van der Waals surface area contributed by atoms with E-state index in [1.165, 1.54) is 0 Å². The monoisotopic (exact) mass is 334 g/mol. The Bertz CT molecular complexity index is 756. The maximum atomic E-state index is 12.7. The van der Waals surface area contributed by atoms with Crippen molar-refractivity contribution >= 4 is 5.91 Å². The van der Waals surface area contributed by atoms with Crippen LogP contribution in [0.4, 0.5) is 0 Å². The fourth-order valence-electron chi connectivity index (χ4n) is 2.88. The molecule has 0 spiro atoms. The van der Waals surface area contributed by atoms with Gasteiger partial charge < -0.3 is 9.64 Å². The van der Waals surface area contributed by atoms with Crippen LogP contribution in [0.25, 0.3) is 0 Å². The molecule has 0 saturated heterocycles. The molecule has 0 bridgehead atoms. The highest BCUT2D eigenvalue weighted by Crippen LogP contribution is 2.29. The van der Waals surface area contributed by atoms with Gasteiger partial charge in [0.05, 0.1) is 18.7 Å². The van der Waals surface area contributed by atoms with Crippen molar-refractivity contribution in [1.29, 1.82) is 5.26 Å². The van der Waals surface area contributed by atoms with Crippen LogP contribution in [-0.4, -0.2) is 24.0 Å². The highest BCUT2D eigenvalue weighted by atomic mass is 16.5.